The van der Waals surface area contributed by atoms with Crippen molar-refractivity contribution in [2.75, 3.05) is 53.2 Å². The van der Waals surface area contributed by atoms with Gasteiger partial charge in [-0.2, -0.15) is 0 Å². The molecule has 2 saturated heterocycles. The summed E-state index contributed by atoms with van der Waals surface area (Å²) in [5.41, 5.74) is 3.96. The monoisotopic (exact) mass is 1070 g/mol. The fourth-order valence-corrected chi connectivity index (χ4v) is 10.7. The zero-order valence-corrected chi connectivity index (χ0v) is 42.4. The largest absolute Gasteiger partial charge is 0.461 e. The van der Waals surface area contributed by atoms with E-state index in [2.05, 4.69) is 5.32 Å². The van der Waals surface area contributed by atoms with Crippen LogP contribution in [0.2, 0.25) is 0 Å². The van der Waals surface area contributed by atoms with Crippen LogP contribution in [0.25, 0.3) is 33.7 Å². The molecule has 0 radical (unpaired) electrons. The average Bonchev–Trinajstić information content (AvgIpc) is 4.02. The lowest BCUT2D eigenvalue weighted by Gasteiger charge is -2.39. The van der Waals surface area contributed by atoms with Crippen molar-refractivity contribution in [3.05, 3.63) is 113 Å². The summed E-state index contributed by atoms with van der Waals surface area (Å²) in [6.07, 6.45) is -8.75. The van der Waals surface area contributed by atoms with Crippen LogP contribution in [0.3, 0.4) is 0 Å². The predicted octanol–water partition coefficient (Wildman–Crippen LogP) is 4.10. The molecule has 0 spiro atoms. The van der Waals surface area contributed by atoms with Gasteiger partial charge in [0.25, 0.3) is 11.8 Å². The van der Waals surface area contributed by atoms with Gasteiger partial charge in [-0.05, 0) is 57.7 Å². The van der Waals surface area contributed by atoms with E-state index in [9.17, 15) is 55.2 Å². The maximum atomic E-state index is 14.3. The highest BCUT2D eigenvalue weighted by molar-refractivity contribution is 6.20. The summed E-state index contributed by atoms with van der Waals surface area (Å²) in [4.78, 5) is 45.1. The van der Waals surface area contributed by atoms with Crippen molar-refractivity contribution in [2.24, 2.45) is 5.92 Å². The van der Waals surface area contributed by atoms with Crippen molar-refractivity contribution >= 4 is 91.7 Å². The van der Waals surface area contributed by atoms with Gasteiger partial charge in [-0.3, -0.25) is 14.4 Å². The lowest BCUT2D eigenvalue weighted by atomic mass is 9.95. The third-order valence-corrected chi connectivity index (χ3v) is 15.3. The molecule has 13 atom stereocenters. The smallest absolute Gasteiger partial charge is 0.251 e. The average molecular weight is 1070 g/mol. The number of rotatable bonds is 15. The van der Waals surface area contributed by atoms with Gasteiger partial charge in [0.05, 0.1) is 24.6 Å². The van der Waals surface area contributed by atoms with E-state index in [1.807, 2.05) is 31.2 Å². The number of halogens is 2. The highest BCUT2D eigenvalue weighted by Crippen LogP contribution is 2.48. The highest BCUT2D eigenvalue weighted by Gasteiger charge is 2.47. The van der Waals surface area contributed by atoms with E-state index in [1.165, 1.54) is 12.2 Å². The molecule has 398 valence electrons. The topological polar surface area (TPSA) is 268 Å². The molecule has 5 aromatic carbocycles. The summed E-state index contributed by atoms with van der Waals surface area (Å²) in [5.74, 6) is -1.25. The normalized spacial score (nSPS) is 28.0. The number of nitrogens with one attached hydrogen (secondary N) is 1. The fraction of sp³-hybridized carbons (Fsp3) is 0.400. The molecule has 0 saturated carbocycles. The second kappa shape index (κ2) is 22.9. The molecule has 0 aromatic heterocycles. The van der Waals surface area contributed by atoms with E-state index < -0.39 is 86.4 Å². The summed E-state index contributed by atoms with van der Waals surface area (Å²) in [6, 6.07) is 23.0. The number of hydrogen-bond acceptors (Lipinski definition) is 15. The number of fused-ring (bicyclic) bond motifs is 6. The molecule has 4 aliphatic rings. The minimum Gasteiger partial charge on any atom is -0.461 e. The first-order valence-corrected chi connectivity index (χ1v) is 25.8. The lowest BCUT2D eigenvalue weighted by Crippen LogP contribution is -2.60. The first kappa shape index (κ1) is 54.1. The summed E-state index contributed by atoms with van der Waals surface area (Å²) in [6.45, 7) is 2.82. The Morgan fingerprint density at radius 1 is 0.653 bits per heavy atom. The quantitative estimate of drug-likeness (QED) is 0.0528. The summed E-state index contributed by atoms with van der Waals surface area (Å²) in [7, 11) is 0. The number of nitrogens with zero attached hydrogens (tertiary/aromatic N) is 2. The molecule has 1 unspecified atom stereocenters. The molecule has 9 rings (SSSR count). The van der Waals surface area contributed by atoms with Gasteiger partial charge in [0.15, 0.2) is 0 Å². The van der Waals surface area contributed by atoms with Gasteiger partial charge in [0, 0.05) is 83.3 Å². The zero-order chi connectivity index (χ0) is 53.4. The number of carbonyl (C=O) groups excluding carboxylic acids is 3. The van der Waals surface area contributed by atoms with E-state index in [0.29, 0.717) is 45.4 Å². The second-order valence-electron chi connectivity index (χ2n) is 19.2. The lowest BCUT2D eigenvalue weighted by molar-refractivity contribution is -0.277. The second-order valence-corrected chi connectivity index (χ2v) is 19.9. The number of ether oxygens (including phenoxy) is 4. The summed E-state index contributed by atoms with van der Waals surface area (Å²) >= 11 is 13.1. The van der Waals surface area contributed by atoms with E-state index in [0.717, 1.165) is 21.9 Å². The van der Waals surface area contributed by atoms with Crippen LogP contribution in [0.4, 0.5) is 17.1 Å². The number of anilines is 3. The van der Waals surface area contributed by atoms with Gasteiger partial charge >= 0.3 is 0 Å². The molecule has 9 N–H and O–H groups in total. The Balaban J connectivity index is 0.993. The van der Waals surface area contributed by atoms with Crippen LogP contribution in [0.15, 0.2) is 91.0 Å². The molecule has 75 heavy (non-hydrogen) atoms. The Kier molecular flexibility index (Phi) is 16.5. The Morgan fingerprint density at radius 2 is 1.11 bits per heavy atom. The van der Waals surface area contributed by atoms with Crippen LogP contribution in [0, 0.1) is 5.92 Å². The molecular formula is C55H59Cl2N3O15. The number of aliphatic hydroxyl groups excluding tert-OH is 8. The highest BCUT2D eigenvalue weighted by atomic mass is 35.5. The van der Waals surface area contributed by atoms with Crippen LogP contribution in [-0.4, -0.2) is 158 Å². The fourth-order valence-electron chi connectivity index (χ4n) is 10.2. The Labute approximate surface area is 441 Å². The minimum absolute atomic E-state index is 0.177. The SMILES string of the molecule is CCC(C)C(=O)Nc1cc(/C=C/C(=O)N2C[C@@H](CCl)c3c2cc(O[C@@H]2O[C@H](CO)[C@H](O)[C@H](O)[C@H]2O)c2ccccc32)ccc1/C=C/C(=O)N1C[C@@H](CCl)c2c1cc(O[C@@H]1O[C@H](CO)[C@H](O)[C@H](O)[C@H]1O)c1ccccc21. The van der Waals surface area contributed by atoms with E-state index in [4.69, 9.17) is 42.1 Å². The van der Waals surface area contributed by atoms with Crippen LogP contribution >= 0.6 is 23.2 Å². The molecule has 4 heterocycles. The molecule has 18 nitrogen and oxygen atoms in total. The molecule has 20 heteroatoms. The molecule has 0 aliphatic carbocycles. The van der Waals surface area contributed by atoms with Gasteiger partial charge in [0.1, 0.15) is 60.3 Å². The number of hydrogen-bond donors (Lipinski definition) is 9. The first-order valence-electron chi connectivity index (χ1n) is 24.7. The Morgan fingerprint density at radius 3 is 1.55 bits per heavy atom. The van der Waals surface area contributed by atoms with Crippen LogP contribution in [0.5, 0.6) is 11.5 Å². The number of alkyl halides is 2. The third kappa shape index (κ3) is 10.5. The number of amides is 3. The zero-order valence-electron chi connectivity index (χ0n) is 40.9. The molecule has 0 bridgehead atoms. The summed E-state index contributed by atoms with van der Waals surface area (Å²) in [5, 5.41) is 88.6. The van der Waals surface area contributed by atoms with Crippen molar-refractivity contribution < 1.29 is 74.2 Å². The minimum atomic E-state index is -1.68. The van der Waals surface area contributed by atoms with Gasteiger partial charge in [-0.25, -0.2) is 0 Å². The van der Waals surface area contributed by atoms with Gasteiger partial charge in [0.2, 0.25) is 18.5 Å². The number of aliphatic hydroxyl groups is 8. The van der Waals surface area contributed by atoms with E-state index in [-0.39, 0.29) is 60.0 Å². The first-order chi connectivity index (χ1) is 36.1. The molecule has 2 fully saturated rings. The maximum absolute atomic E-state index is 14.3. The number of carbonyl (C=O) groups is 3. The number of benzene rings is 5. The van der Waals surface area contributed by atoms with Crippen molar-refractivity contribution in [2.45, 2.75) is 93.5 Å². The van der Waals surface area contributed by atoms with Gasteiger partial charge < -0.3 is 74.9 Å². The molecule has 5 aromatic rings. The van der Waals surface area contributed by atoms with Crippen molar-refractivity contribution in [1.82, 2.24) is 0 Å². The molecular weight excluding hydrogens is 1010 g/mol. The van der Waals surface area contributed by atoms with Gasteiger partial charge in [-0.15, -0.1) is 23.2 Å². The van der Waals surface area contributed by atoms with Crippen molar-refractivity contribution in [3.63, 3.8) is 0 Å². The Bertz CT molecular complexity index is 3010. The Hall–Kier alpha value is -5.71. The van der Waals surface area contributed by atoms with E-state index in [1.54, 1.807) is 83.5 Å². The van der Waals surface area contributed by atoms with Crippen LogP contribution in [0.1, 0.15) is 54.4 Å². The molecule has 3 amide bonds. The maximum Gasteiger partial charge on any atom is 0.251 e. The van der Waals surface area contributed by atoms with Crippen molar-refractivity contribution in [3.8, 4) is 11.5 Å². The van der Waals surface area contributed by atoms with Crippen LogP contribution in [-0.2, 0) is 23.9 Å². The summed E-state index contributed by atoms with van der Waals surface area (Å²) < 4.78 is 23.7. The van der Waals surface area contributed by atoms with Gasteiger partial charge in [-0.1, -0.05) is 74.5 Å². The van der Waals surface area contributed by atoms with Crippen molar-refractivity contribution in [1.29, 1.82) is 0 Å². The predicted molar refractivity (Wildman–Crippen MR) is 281 cm³/mol. The molecule has 4 aliphatic heterocycles. The van der Waals surface area contributed by atoms with Crippen LogP contribution < -0.4 is 24.6 Å². The van der Waals surface area contributed by atoms with E-state index >= 15 is 0 Å². The third-order valence-electron chi connectivity index (χ3n) is 14.6. The standard InChI is InChI=1S/C55H59Cl2N3O15/c1-3-27(2)53(71)58-36-18-28(13-16-43(63)59-23-30(21-56)45-34-10-6-4-8-32(34)39(19-37(45)59)72-54-51(69)49(67)47(65)41(25-61)74-54)12-14-29(36)15-17-44(64)60-24-31(22-57)46-35-11-7-5-9-33(35)40(20-38(46)60)73-55-52(70)50(68)48(66)42(26-62)75-55/h4-20,27,30-31,41-42,47-52,54-55,61-62,65-70H,3,21-26H2,1-2H3,(H,58,71)/b16-13+,17-15+/t27?,30-,31-,41-,42-,47+,48+,49+,50+,51-,52-,54-,55-/m1/s1.